The van der Waals surface area contributed by atoms with Gasteiger partial charge in [0.1, 0.15) is 5.82 Å². The van der Waals surface area contributed by atoms with Crippen LogP contribution in [-0.2, 0) is 5.41 Å². The van der Waals surface area contributed by atoms with Crippen LogP contribution in [0.2, 0.25) is 5.02 Å². The summed E-state index contributed by atoms with van der Waals surface area (Å²) >= 11 is 7.98. The minimum Gasteiger partial charge on any atom is -0.310 e. The van der Waals surface area contributed by atoms with Crippen LogP contribution in [0.3, 0.4) is 0 Å². The third-order valence-corrected chi connectivity index (χ3v) is 5.87. The summed E-state index contributed by atoms with van der Waals surface area (Å²) in [6, 6.07) is 16.5. The first-order valence-corrected chi connectivity index (χ1v) is 10.6. The number of halogens is 1. The zero-order valence-electron chi connectivity index (χ0n) is 16.9. The van der Waals surface area contributed by atoms with Crippen molar-refractivity contribution in [3.8, 4) is 11.3 Å². The molecular weight excluding hydrogens is 400 g/mol. The third kappa shape index (κ3) is 4.26. The highest BCUT2D eigenvalue weighted by molar-refractivity contribution is 8.00. The lowest BCUT2D eigenvalue weighted by Crippen LogP contribution is -2.10. The van der Waals surface area contributed by atoms with Gasteiger partial charge in [-0.15, -0.1) is 0 Å². The predicted molar refractivity (Wildman–Crippen MR) is 123 cm³/mol. The van der Waals surface area contributed by atoms with Crippen LogP contribution in [-0.4, -0.2) is 14.6 Å². The van der Waals surface area contributed by atoms with Gasteiger partial charge in [0.05, 0.1) is 16.2 Å². The number of pyridine rings is 2. The first-order chi connectivity index (χ1) is 13.8. The van der Waals surface area contributed by atoms with Gasteiger partial charge in [0, 0.05) is 22.9 Å². The quantitative estimate of drug-likeness (QED) is 0.368. The lowest BCUT2D eigenvalue weighted by molar-refractivity contribution is 0.590. The highest BCUT2D eigenvalue weighted by Gasteiger charge is 2.14. The van der Waals surface area contributed by atoms with Crippen LogP contribution in [0, 0.1) is 6.92 Å². The smallest absolute Gasteiger partial charge is 0.138 e. The Bertz CT molecular complexity index is 1160. The molecule has 0 unspecified atom stereocenters. The second-order valence-electron chi connectivity index (χ2n) is 8.12. The summed E-state index contributed by atoms with van der Waals surface area (Å²) in [5.41, 5.74) is 5.24. The van der Waals surface area contributed by atoms with Gasteiger partial charge in [0.25, 0.3) is 0 Å². The molecule has 29 heavy (non-hydrogen) atoms. The number of nitrogens with zero attached hydrogens (tertiary/aromatic N) is 3. The second kappa shape index (κ2) is 7.73. The van der Waals surface area contributed by atoms with Gasteiger partial charge < -0.3 is 4.72 Å². The molecule has 3 aromatic heterocycles. The molecule has 4 nitrogen and oxygen atoms in total. The van der Waals surface area contributed by atoms with Crippen molar-refractivity contribution in [3.63, 3.8) is 0 Å². The van der Waals surface area contributed by atoms with Gasteiger partial charge in [0.2, 0.25) is 0 Å². The SMILES string of the molecule is Cc1cncc(-c2cc3c(Cl)ccc(NSc4ccc(C(C)(C)C)cc4)n3n2)c1. The largest absolute Gasteiger partial charge is 0.310 e. The third-order valence-electron chi connectivity index (χ3n) is 4.73. The van der Waals surface area contributed by atoms with Crippen molar-refractivity contribution in [2.75, 3.05) is 4.72 Å². The molecule has 1 aromatic carbocycles. The normalized spacial score (nSPS) is 11.8. The highest BCUT2D eigenvalue weighted by atomic mass is 35.5. The van der Waals surface area contributed by atoms with Crippen LogP contribution in [0.25, 0.3) is 16.8 Å². The van der Waals surface area contributed by atoms with Gasteiger partial charge in [-0.05, 0) is 71.8 Å². The fourth-order valence-electron chi connectivity index (χ4n) is 3.09. The van der Waals surface area contributed by atoms with Crippen molar-refractivity contribution < 1.29 is 0 Å². The fraction of sp³-hybridized carbons (Fsp3) is 0.217. The zero-order chi connectivity index (χ0) is 20.6. The topological polar surface area (TPSA) is 42.2 Å². The van der Waals surface area contributed by atoms with Gasteiger partial charge in [-0.3, -0.25) is 4.98 Å². The highest BCUT2D eigenvalue weighted by Crippen LogP contribution is 2.30. The van der Waals surface area contributed by atoms with Crippen LogP contribution in [0.4, 0.5) is 5.82 Å². The van der Waals surface area contributed by atoms with Crippen LogP contribution in [0.5, 0.6) is 0 Å². The Morgan fingerprint density at radius 2 is 1.76 bits per heavy atom. The number of hydrogen-bond acceptors (Lipinski definition) is 4. The molecule has 0 fully saturated rings. The van der Waals surface area contributed by atoms with E-state index in [1.807, 2.05) is 42.0 Å². The first kappa shape index (κ1) is 19.8. The van der Waals surface area contributed by atoms with E-state index in [1.165, 1.54) is 5.56 Å². The summed E-state index contributed by atoms with van der Waals surface area (Å²) in [6.07, 6.45) is 3.65. The second-order valence-corrected chi connectivity index (χ2v) is 9.41. The number of hydrogen-bond donors (Lipinski definition) is 1. The molecule has 0 aliphatic heterocycles. The summed E-state index contributed by atoms with van der Waals surface area (Å²) in [4.78, 5) is 5.41. The van der Waals surface area contributed by atoms with E-state index in [4.69, 9.17) is 16.7 Å². The molecule has 4 aromatic rings. The molecule has 148 valence electrons. The van der Waals surface area contributed by atoms with Crippen molar-refractivity contribution in [2.24, 2.45) is 0 Å². The molecule has 0 amide bonds. The summed E-state index contributed by atoms with van der Waals surface area (Å²) in [5, 5.41) is 5.42. The Kier molecular flexibility index (Phi) is 5.28. The number of aryl methyl sites for hydroxylation is 1. The lowest BCUT2D eigenvalue weighted by Gasteiger charge is -2.19. The summed E-state index contributed by atoms with van der Waals surface area (Å²) in [5.74, 6) is 0.862. The summed E-state index contributed by atoms with van der Waals surface area (Å²) in [7, 11) is 0. The number of anilines is 1. The average molecular weight is 423 g/mol. The van der Waals surface area contributed by atoms with E-state index >= 15 is 0 Å². The molecular formula is C23H23ClN4S. The first-order valence-electron chi connectivity index (χ1n) is 9.45. The van der Waals surface area contributed by atoms with Gasteiger partial charge in [-0.1, -0.05) is 44.5 Å². The molecule has 0 saturated carbocycles. The van der Waals surface area contributed by atoms with Crippen LogP contribution in [0.1, 0.15) is 31.9 Å². The van der Waals surface area contributed by atoms with E-state index < -0.39 is 0 Å². The van der Waals surface area contributed by atoms with Crippen LogP contribution >= 0.6 is 23.5 Å². The van der Waals surface area contributed by atoms with Crippen molar-refractivity contribution >= 4 is 34.9 Å². The molecule has 0 bridgehead atoms. The number of aromatic nitrogens is 3. The standard InChI is InChI=1S/C23H23ClN4S/c1-15-11-16(14-25-13-15)20-12-21-19(24)9-10-22(28(21)26-20)27-29-18-7-5-17(6-8-18)23(2,3)4/h5-14,27H,1-4H3. The van der Waals surface area contributed by atoms with Gasteiger partial charge in [0.15, 0.2) is 0 Å². The maximum absolute atomic E-state index is 6.43. The number of fused-ring (bicyclic) bond motifs is 1. The Balaban J connectivity index is 1.61. The molecule has 0 saturated heterocycles. The van der Waals surface area contributed by atoms with Gasteiger partial charge in [-0.25, -0.2) is 4.52 Å². The van der Waals surface area contributed by atoms with E-state index in [9.17, 15) is 0 Å². The molecule has 4 rings (SSSR count). The van der Waals surface area contributed by atoms with Gasteiger partial charge in [-0.2, -0.15) is 5.10 Å². The Hall–Kier alpha value is -2.50. The van der Waals surface area contributed by atoms with Gasteiger partial charge >= 0.3 is 0 Å². The van der Waals surface area contributed by atoms with E-state index in [1.54, 1.807) is 11.9 Å². The average Bonchev–Trinajstić information content (AvgIpc) is 3.14. The zero-order valence-corrected chi connectivity index (χ0v) is 18.5. The van der Waals surface area contributed by atoms with Crippen molar-refractivity contribution in [2.45, 2.75) is 38.0 Å². The summed E-state index contributed by atoms with van der Waals surface area (Å²) < 4.78 is 5.25. The molecule has 0 aliphatic rings. The molecule has 0 spiro atoms. The Labute approximate surface area is 180 Å². The van der Waals surface area contributed by atoms with E-state index in [0.29, 0.717) is 5.02 Å². The van der Waals surface area contributed by atoms with E-state index in [0.717, 1.165) is 33.1 Å². The van der Waals surface area contributed by atoms with Crippen LogP contribution in [0.15, 0.2) is 65.8 Å². The maximum Gasteiger partial charge on any atom is 0.138 e. The Morgan fingerprint density at radius 1 is 1.00 bits per heavy atom. The fourth-order valence-corrected chi connectivity index (χ4v) is 3.94. The minimum absolute atomic E-state index is 0.148. The Morgan fingerprint density at radius 3 is 2.45 bits per heavy atom. The minimum atomic E-state index is 0.148. The monoisotopic (exact) mass is 422 g/mol. The summed E-state index contributed by atoms with van der Waals surface area (Å²) in [6.45, 7) is 8.68. The number of benzene rings is 1. The van der Waals surface area contributed by atoms with E-state index in [-0.39, 0.29) is 5.41 Å². The van der Waals surface area contributed by atoms with E-state index in [2.05, 4.69) is 60.8 Å². The number of nitrogens with one attached hydrogen (secondary N) is 1. The molecule has 0 atom stereocenters. The van der Waals surface area contributed by atoms with Crippen LogP contribution < -0.4 is 4.72 Å². The molecule has 0 radical (unpaired) electrons. The maximum atomic E-state index is 6.43. The van der Waals surface area contributed by atoms with Crippen molar-refractivity contribution in [1.29, 1.82) is 0 Å². The molecule has 3 heterocycles. The molecule has 1 N–H and O–H groups in total. The molecule has 6 heteroatoms. The number of rotatable bonds is 4. The molecule has 0 aliphatic carbocycles. The van der Waals surface area contributed by atoms with Crippen molar-refractivity contribution in [1.82, 2.24) is 14.6 Å². The van der Waals surface area contributed by atoms with Crippen molar-refractivity contribution in [3.05, 3.63) is 77.1 Å². The predicted octanol–water partition coefficient (Wildman–Crippen LogP) is 6.77. The lowest BCUT2D eigenvalue weighted by atomic mass is 9.87.